The van der Waals surface area contributed by atoms with Crippen molar-refractivity contribution in [3.05, 3.63) is 23.8 Å². The second kappa shape index (κ2) is 6.11. The predicted octanol–water partition coefficient (Wildman–Crippen LogP) is 1.27. The van der Waals surface area contributed by atoms with Crippen molar-refractivity contribution in [2.75, 3.05) is 18.4 Å². The zero-order valence-electron chi connectivity index (χ0n) is 9.51. The van der Waals surface area contributed by atoms with E-state index in [0.29, 0.717) is 11.6 Å². The van der Waals surface area contributed by atoms with Crippen molar-refractivity contribution >= 4 is 30.0 Å². The number of aliphatic imine (C=N–C) groups is 1. The highest BCUT2D eigenvalue weighted by molar-refractivity contribution is 5.96. The van der Waals surface area contributed by atoms with Gasteiger partial charge in [0, 0.05) is 24.8 Å². The molecule has 0 aliphatic carbocycles. The minimum Gasteiger partial charge on any atom is -0.508 e. The Morgan fingerprint density at radius 2 is 2.17 bits per heavy atom. The quantitative estimate of drug-likeness (QED) is 0.650. The van der Waals surface area contributed by atoms with Crippen LogP contribution in [0.15, 0.2) is 23.2 Å². The maximum absolute atomic E-state index is 10.8. The maximum atomic E-state index is 10.8. The minimum absolute atomic E-state index is 0. The number of anilines is 1. The number of aromatic carboxylic acids is 1. The lowest BCUT2D eigenvalue weighted by molar-refractivity contribution is 0.0696. The van der Waals surface area contributed by atoms with E-state index in [1.54, 1.807) is 0 Å². The third-order valence-electron chi connectivity index (χ3n) is 2.32. The lowest BCUT2D eigenvalue weighted by atomic mass is 10.2. The average Bonchev–Trinajstić information content (AvgIpc) is 2.29. The van der Waals surface area contributed by atoms with Crippen LogP contribution in [0.25, 0.3) is 0 Å². The van der Waals surface area contributed by atoms with Crippen LogP contribution < -0.4 is 10.6 Å². The van der Waals surface area contributed by atoms with E-state index in [9.17, 15) is 9.90 Å². The largest absolute Gasteiger partial charge is 0.508 e. The van der Waals surface area contributed by atoms with Gasteiger partial charge >= 0.3 is 5.97 Å². The summed E-state index contributed by atoms with van der Waals surface area (Å²) in [6.45, 7) is 1.57. The van der Waals surface area contributed by atoms with Crippen LogP contribution in [0.3, 0.4) is 0 Å². The first-order chi connectivity index (χ1) is 8.15. The number of nitrogens with one attached hydrogen (secondary N) is 2. The van der Waals surface area contributed by atoms with Gasteiger partial charge in [-0.15, -0.1) is 12.4 Å². The molecule has 0 unspecified atom stereocenters. The number of carboxylic acids is 1. The molecule has 0 amide bonds. The Bertz CT molecular complexity index is 477. The van der Waals surface area contributed by atoms with Gasteiger partial charge in [0.25, 0.3) is 0 Å². The monoisotopic (exact) mass is 271 g/mol. The molecular weight excluding hydrogens is 258 g/mol. The summed E-state index contributed by atoms with van der Waals surface area (Å²) in [5.74, 6) is -0.579. The smallest absolute Gasteiger partial charge is 0.335 e. The number of nitrogens with zero attached hydrogens (tertiary/aromatic N) is 1. The lowest BCUT2D eigenvalue weighted by Gasteiger charge is -2.16. The summed E-state index contributed by atoms with van der Waals surface area (Å²) in [7, 11) is 0. The number of phenolic OH excluding ortho intramolecular Hbond substituents is 1. The second-order valence-corrected chi connectivity index (χ2v) is 3.71. The summed E-state index contributed by atoms with van der Waals surface area (Å²) in [4.78, 5) is 15.0. The number of phenols is 1. The molecular formula is C11H14ClN3O3. The van der Waals surface area contributed by atoms with E-state index < -0.39 is 5.97 Å². The number of benzene rings is 1. The molecule has 1 aliphatic heterocycles. The molecule has 0 aromatic heterocycles. The van der Waals surface area contributed by atoms with Gasteiger partial charge in [0.2, 0.25) is 0 Å². The van der Waals surface area contributed by atoms with Crippen LogP contribution in [0.2, 0.25) is 0 Å². The summed E-state index contributed by atoms with van der Waals surface area (Å²) in [5.41, 5.74) is 0.527. The molecule has 0 fully saturated rings. The molecule has 0 atom stereocenters. The van der Waals surface area contributed by atoms with Crippen LogP contribution in [0.1, 0.15) is 16.8 Å². The van der Waals surface area contributed by atoms with Gasteiger partial charge in [-0.1, -0.05) is 0 Å². The molecule has 0 saturated heterocycles. The zero-order valence-corrected chi connectivity index (χ0v) is 10.3. The number of aromatic hydroxyl groups is 1. The zero-order chi connectivity index (χ0) is 12.3. The van der Waals surface area contributed by atoms with E-state index in [-0.39, 0.29) is 23.7 Å². The summed E-state index contributed by atoms with van der Waals surface area (Å²) < 4.78 is 0. The summed E-state index contributed by atoms with van der Waals surface area (Å²) in [6.07, 6.45) is 0.978. The van der Waals surface area contributed by atoms with Crippen molar-refractivity contribution in [2.45, 2.75) is 6.42 Å². The van der Waals surface area contributed by atoms with E-state index in [1.165, 1.54) is 18.2 Å². The van der Waals surface area contributed by atoms with E-state index in [0.717, 1.165) is 19.5 Å². The van der Waals surface area contributed by atoms with Crippen LogP contribution in [-0.4, -0.2) is 35.2 Å². The van der Waals surface area contributed by atoms with Crippen LogP contribution in [0.4, 0.5) is 5.69 Å². The highest BCUT2D eigenvalue weighted by Gasteiger charge is 2.09. The predicted molar refractivity (Wildman–Crippen MR) is 70.9 cm³/mol. The van der Waals surface area contributed by atoms with Gasteiger partial charge in [0.15, 0.2) is 5.96 Å². The number of hydrogen-bond acceptors (Lipinski definition) is 5. The van der Waals surface area contributed by atoms with Crippen LogP contribution >= 0.6 is 12.4 Å². The fraction of sp³-hybridized carbons (Fsp3) is 0.273. The molecule has 1 aromatic carbocycles. The number of rotatable bonds is 2. The van der Waals surface area contributed by atoms with Gasteiger partial charge in [-0.3, -0.25) is 4.99 Å². The minimum atomic E-state index is -1.08. The summed E-state index contributed by atoms with van der Waals surface area (Å²) in [5, 5.41) is 24.2. The topological polar surface area (TPSA) is 94.0 Å². The Morgan fingerprint density at radius 1 is 1.39 bits per heavy atom. The normalized spacial score (nSPS) is 13.9. The van der Waals surface area contributed by atoms with Gasteiger partial charge in [-0.2, -0.15) is 0 Å². The van der Waals surface area contributed by atoms with Crippen molar-refractivity contribution in [3.63, 3.8) is 0 Å². The number of guanidine groups is 1. The average molecular weight is 272 g/mol. The van der Waals surface area contributed by atoms with E-state index >= 15 is 0 Å². The van der Waals surface area contributed by atoms with Crippen molar-refractivity contribution < 1.29 is 15.0 Å². The molecule has 98 valence electrons. The first-order valence-corrected chi connectivity index (χ1v) is 5.28. The standard InChI is InChI=1S/C11H13N3O3.ClH/c15-9-5-7(10(16)17)4-8(6-9)14-11-12-2-1-3-13-11;/h4-6,15H,1-3H2,(H,16,17)(H2,12,13,14);1H. The number of hydrogen-bond donors (Lipinski definition) is 4. The van der Waals surface area contributed by atoms with E-state index in [1.807, 2.05) is 0 Å². The Kier molecular flexibility index (Phi) is 4.79. The third kappa shape index (κ3) is 3.53. The molecule has 18 heavy (non-hydrogen) atoms. The Balaban J connectivity index is 0.00000162. The summed E-state index contributed by atoms with van der Waals surface area (Å²) >= 11 is 0. The van der Waals surface area contributed by atoms with Crippen LogP contribution in [-0.2, 0) is 0 Å². The molecule has 1 aliphatic rings. The second-order valence-electron chi connectivity index (χ2n) is 3.71. The highest BCUT2D eigenvalue weighted by atomic mass is 35.5. The van der Waals surface area contributed by atoms with Crippen molar-refractivity contribution in [1.82, 2.24) is 5.32 Å². The fourth-order valence-electron chi connectivity index (χ4n) is 1.56. The first kappa shape index (κ1) is 14.1. The number of halogens is 1. The third-order valence-corrected chi connectivity index (χ3v) is 2.32. The number of carboxylic acid groups (broad SMARTS) is 1. The van der Waals surface area contributed by atoms with E-state index in [2.05, 4.69) is 15.6 Å². The molecule has 2 rings (SSSR count). The Labute approximate surface area is 110 Å². The first-order valence-electron chi connectivity index (χ1n) is 5.28. The van der Waals surface area contributed by atoms with Gasteiger partial charge < -0.3 is 20.8 Å². The van der Waals surface area contributed by atoms with E-state index in [4.69, 9.17) is 5.11 Å². The van der Waals surface area contributed by atoms with Gasteiger partial charge in [0.05, 0.1) is 5.56 Å². The fourth-order valence-corrected chi connectivity index (χ4v) is 1.56. The lowest BCUT2D eigenvalue weighted by Crippen LogP contribution is -2.35. The molecule has 1 aromatic rings. The van der Waals surface area contributed by atoms with Gasteiger partial charge in [0.1, 0.15) is 5.75 Å². The van der Waals surface area contributed by atoms with Crippen molar-refractivity contribution in [3.8, 4) is 5.75 Å². The maximum Gasteiger partial charge on any atom is 0.335 e. The molecule has 7 heteroatoms. The molecule has 1 heterocycles. The molecule has 4 N–H and O–H groups in total. The Morgan fingerprint density at radius 3 is 2.78 bits per heavy atom. The van der Waals surface area contributed by atoms with Crippen LogP contribution in [0.5, 0.6) is 5.75 Å². The molecule has 6 nitrogen and oxygen atoms in total. The number of carbonyl (C=O) groups is 1. The molecule has 0 spiro atoms. The van der Waals surface area contributed by atoms with Gasteiger partial charge in [-0.05, 0) is 18.6 Å². The summed E-state index contributed by atoms with van der Waals surface area (Å²) in [6, 6.07) is 4.09. The molecule has 0 bridgehead atoms. The van der Waals surface area contributed by atoms with Crippen LogP contribution in [0, 0.1) is 0 Å². The van der Waals surface area contributed by atoms with Gasteiger partial charge in [-0.25, -0.2) is 4.79 Å². The molecule has 0 radical (unpaired) electrons. The van der Waals surface area contributed by atoms with Crippen molar-refractivity contribution in [2.24, 2.45) is 4.99 Å². The Hall–Kier alpha value is -1.95. The SMILES string of the molecule is Cl.O=C(O)c1cc(O)cc(NC2=NCCCN2)c1. The highest BCUT2D eigenvalue weighted by Crippen LogP contribution is 2.19. The van der Waals surface area contributed by atoms with Crippen molar-refractivity contribution in [1.29, 1.82) is 0 Å². The molecule has 0 saturated carbocycles.